The fraction of sp³-hybridized carbons (Fsp3) is 0.0909. The summed E-state index contributed by atoms with van der Waals surface area (Å²) in [6.07, 6.45) is 0. The number of imide groups is 1. The van der Waals surface area contributed by atoms with E-state index in [1.807, 2.05) is 55.6 Å². The van der Waals surface area contributed by atoms with Gasteiger partial charge in [-0.25, -0.2) is 4.90 Å². The molecular formula is C22H17ClN2O2S. The van der Waals surface area contributed by atoms with Crippen LogP contribution in [0.5, 0.6) is 0 Å². The minimum atomic E-state index is -0.369. The molecule has 0 saturated heterocycles. The van der Waals surface area contributed by atoms with Crippen LogP contribution in [0.25, 0.3) is 5.57 Å². The molecule has 0 atom stereocenters. The zero-order valence-electron chi connectivity index (χ0n) is 15.3. The summed E-state index contributed by atoms with van der Waals surface area (Å²) < 4.78 is 0. The van der Waals surface area contributed by atoms with Gasteiger partial charge in [0.1, 0.15) is 5.70 Å². The molecule has 0 unspecified atom stereocenters. The molecule has 0 spiro atoms. The highest BCUT2D eigenvalue weighted by Crippen LogP contribution is 2.36. The van der Waals surface area contributed by atoms with E-state index in [-0.39, 0.29) is 17.5 Å². The van der Waals surface area contributed by atoms with Crippen molar-refractivity contribution in [2.24, 2.45) is 0 Å². The van der Waals surface area contributed by atoms with Crippen LogP contribution in [0.1, 0.15) is 16.0 Å². The molecule has 2 aromatic carbocycles. The van der Waals surface area contributed by atoms with Gasteiger partial charge in [-0.15, -0.1) is 11.3 Å². The second-order valence-electron chi connectivity index (χ2n) is 6.59. The summed E-state index contributed by atoms with van der Waals surface area (Å²) in [7, 11) is 0. The summed E-state index contributed by atoms with van der Waals surface area (Å²) in [6.45, 7) is 3.86. The van der Waals surface area contributed by atoms with Crippen LogP contribution in [-0.4, -0.2) is 11.8 Å². The van der Waals surface area contributed by atoms with E-state index >= 15 is 0 Å². The Kier molecular flexibility index (Phi) is 4.79. The average molecular weight is 409 g/mol. The summed E-state index contributed by atoms with van der Waals surface area (Å²) in [4.78, 5) is 28.5. The first kappa shape index (κ1) is 18.5. The Morgan fingerprint density at radius 1 is 0.964 bits per heavy atom. The topological polar surface area (TPSA) is 49.4 Å². The minimum absolute atomic E-state index is 0.276. The Hall–Kier alpha value is -2.89. The predicted molar refractivity (Wildman–Crippen MR) is 115 cm³/mol. The van der Waals surface area contributed by atoms with Gasteiger partial charge in [-0.05, 0) is 61.2 Å². The number of thiophene rings is 1. The summed E-state index contributed by atoms with van der Waals surface area (Å²) >= 11 is 7.47. The molecule has 0 radical (unpaired) electrons. The molecule has 1 aromatic heterocycles. The van der Waals surface area contributed by atoms with Crippen molar-refractivity contribution in [3.05, 3.63) is 86.7 Å². The van der Waals surface area contributed by atoms with E-state index in [1.54, 1.807) is 18.2 Å². The van der Waals surface area contributed by atoms with Crippen LogP contribution in [0.3, 0.4) is 0 Å². The Labute approximate surface area is 172 Å². The number of nitrogens with one attached hydrogen (secondary N) is 1. The molecule has 3 aromatic rings. The van der Waals surface area contributed by atoms with Crippen molar-refractivity contribution in [1.82, 2.24) is 0 Å². The summed E-state index contributed by atoms with van der Waals surface area (Å²) in [5.74, 6) is -0.697. The van der Waals surface area contributed by atoms with Gasteiger partial charge in [0.05, 0.1) is 11.3 Å². The van der Waals surface area contributed by atoms with Gasteiger partial charge in [-0.1, -0.05) is 35.4 Å². The largest absolute Gasteiger partial charge is 0.350 e. The Balaban J connectivity index is 1.80. The van der Waals surface area contributed by atoms with E-state index in [0.717, 1.165) is 21.7 Å². The Morgan fingerprint density at radius 3 is 2.36 bits per heavy atom. The van der Waals surface area contributed by atoms with Crippen LogP contribution >= 0.6 is 22.9 Å². The van der Waals surface area contributed by atoms with Crippen molar-refractivity contribution in [3.63, 3.8) is 0 Å². The lowest BCUT2D eigenvalue weighted by atomic mass is 10.1. The molecule has 0 aliphatic carbocycles. The van der Waals surface area contributed by atoms with Gasteiger partial charge in [0, 0.05) is 15.6 Å². The third-order valence-electron chi connectivity index (χ3n) is 4.59. The van der Waals surface area contributed by atoms with E-state index in [9.17, 15) is 9.59 Å². The predicted octanol–water partition coefficient (Wildman–Crippen LogP) is 5.41. The number of hydrogen-bond donors (Lipinski definition) is 1. The van der Waals surface area contributed by atoms with Crippen LogP contribution in [0.15, 0.2) is 65.7 Å². The Bertz CT molecular complexity index is 1100. The second-order valence-corrected chi connectivity index (χ2v) is 7.98. The molecule has 2 amide bonds. The van der Waals surface area contributed by atoms with Gasteiger partial charge in [-0.3, -0.25) is 9.59 Å². The van der Waals surface area contributed by atoms with E-state index in [0.29, 0.717) is 16.3 Å². The number of carbonyl (C=O) groups is 2. The molecule has 1 N–H and O–H groups in total. The lowest BCUT2D eigenvalue weighted by Gasteiger charge is -2.16. The maximum atomic E-state index is 13.3. The maximum Gasteiger partial charge on any atom is 0.282 e. The number of benzene rings is 2. The zero-order valence-corrected chi connectivity index (χ0v) is 16.9. The van der Waals surface area contributed by atoms with E-state index in [4.69, 9.17) is 11.6 Å². The molecular weight excluding hydrogens is 392 g/mol. The van der Waals surface area contributed by atoms with Crippen LogP contribution in [-0.2, 0) is 9.59 Å². The van der Waals surface area contributed by atoms with Crippen molar-refractivity contribution in [2.75, 3.05) is 10.2 Å². The number of rotatable bonds is 4. The van der Waals surface area contributed by atoms with Gasteiger partial charge in [0.15, 0.2) is 0 Å². The van der Waals surface area contributed by atoms with Crippen molar-refractivity contribution in [2.45, 2.75) is 13.8 Å². The van der Waals surface area contributed by atoms with Gasteiger partial charge in [0.2, 0.25) is 0 Å². The van der Waals surface area contributed by atoms with Gasteiger partial charge in [-0.2, -0.15) is 0 Å². The van der Waals surface area contributed by atoms with Crippen LogP contribution in [0.2, 0.25) is 5.02 Å². The molecule has 28 heavy (non-hydrogen) atoms. The highest BCUT2D eigenvalue weighted by molar-refractivity contribution is 7.11. The average Bonchev–Trinajstić information content (AvgIpc) is 3.26. The Morgan fingerprint density at radius 2 is 1.71 bits per heavy atom. The van der Waals surface area contributed by atoms with Crippen LogP contribution in [0.4, 0.5) is 11.4 Å². The van der Waals surface area contributed by atoms with Crippen molar-refractivity contribution in [1.29, 1.82) is 0 Å². The smallest absolute Gasteiger partial charge is 0.282 e. The summed E-state index contributed by atoms with van der Waals surface area (Å²) in [5, 5.41) is 5.69. The standard InChI is InChI=1S/C22H17ClN2O2S/c1-13-5-8-16(9-6-13)25-21(26)19(18-4-3-11-28-18)20(22(25)27)24-17-10-7-15(23)12-14(17)2/h3-12,24H,1-2H3. The molecule has 4 rings (SSSR count). The molecule has 0 bridgehead atoms. The van der Waals surface area contributed by atoms with E-state index in [1.165, 1.54) is 16.2 Å². The van der Waals surface area contributed by atoms with Crippen molar-refractivity contribution < 1.29 is 9.59 Å². The fourth-order valence-corrected chi connectivity index (χ4v) is 4.12. The SMILES string of the molecule is Cc1ccc(N2C(=O)C(Nc3ccc(Cl)cc3C)=C(c3cccs3)C2=O)cc1. The van der Waals surface area contributed by atoms with Crippen LogP contribution < -0.4 is 10.2 Å². The molecule has 0 saturated carbocycles. The van der Waals surface area contributed by atoms with E-state index < -0.39 is 0 Å². The quantitative estimate of drug-likeness (QED) is 0.587. The van der Waals surface area contributed by atoms with Crippen molar-refractivity contribution >= 4 is 51.7 Å². The number of hydrogen-bond acceptors (Lipinski definition) is 4. The molecule has 1 aliphatic heterocycles. The van der Waals surface area contributed by atoms with Gasteiger partial charge in [0.25, 0.3) is 11.8 Å². The fourth-order valence-electron chi connectivity index (χ4n) is 3.13. The highest BCUT2D eigenvalue weighted by Gasteiger charge is 2.40. The number of carbonyl (C=O) groups excluding carboxylic acids is 2. The van der Waals surface area contributed by atoms with Crippen LogP contribution in [0, 0.1) is 13.8 Å². The first-order valence-electron chi connectivity index (χ1n) is 8.72. The first-order valence-corrected chi connectivity index (χ1v) is 9.98. The molecule has 0 fully saturated rings. The third kappa shape index (κ3) is 3.23. The number of amides is 2. The monoisotopic (exact) mass is 408 g/mol. The van der Waals surface area contributed by atoms with Crippen molar-refractivity contribution in [3.8, 4) is 0 Å². The van der Waals surface area contributed by atoms with E-state index in [2.05, 4.69) is 5.32 Å². The van der Waals surface area contributed by atoms with Gasteiger partial charge < -0.3 is 5.32 Å². The number of anilines is 2. The third-order valence-corrected chi connectivity index (χ3v) is 5.71. The molecule has 4 nitrogen and oxygen atoms in total. The number of aryl methyl sites for hydroxylation is 2. The van der Waals surface area contributed by atoms with Gasteiger partial charge >= 0.3 is 0 Å². The molecule has 1 aliphatic rings. The zero-order chi connectivity index (χ0) is 19.8. The summed E-state index contributed by atoms with van der Waals surface area (Å²) in [6, 6.07) is 16.4. The molecule has 6 heteroatoms. The summed E-state index contributed by atoms with van der Waals surface area (Å²) in [5.41, 5.74) is 3.90. The normalized spacial score (nSPS) is 14.2. The molecule has 2 heterocycles. The first-order chi connectivity index (χ1) is 13.5. The lowest BCUT2D eigenvalue weighted by molar-refractivity contribution is -0.120. The highest BCUT2D eigenvalue weighted by atomic mass is 35.5. The number of nitrogens with zero attached hydrogens (tertiary/aromatic N) is 1. The number of halogens is 1. The molecule has 140 valence electrons. The lowest BCUT2D eigenvalue weighted by Crippen LogP contribution is -2.32. The second kappa shape index (κ2) is 7.26. The minimum Gasteiger partial charge on any atom is -0.350 e. The maximum absolute atomic E-state index is 13.3.